The van der Waals surface area contributed by atoms with Gasteiger partial charge in [-0.25, -0.2) is 4.52 Å². The molecule has 0 fully saturated rings. The van der Waals surface area contributed by atoms with Gasteiger partial charge in [-0.05, 0) is 19.1 Å². The van der Waals surface area contributed by atoms with E-state index >= 15 is 0 Å². The lowest BCUT2D eigenvalue weighted by atomic mass is 10.4. The summed E-state index contributed by atoms with van der Waals surface area (Å²) in [4.78, 5) is 8.23. The van der Waals surface area contributed by atoms with Gasteiger partial charge >= 0.3 is 0 Å². The summed E-state index contributed by atoms with van der Waals surface area (Å²) in [7, 11) is 0. The Balaban J connectivity index is 1.84. The van der Waals surface area contributed by atoms with Gasteiger partial charge in [0, 0.05) is 5.69 Å². The second-order valence-electron chi connectivity index (χ2n) is 3.57. The second-order valence-corrected chi connectivity index (χ2v) is 3.57. The Kier molecular flexibility index (Phi) is 2.21. The van der Waals surface area contributed by atoms with Crippen LogP contribution in [0.25, 0.3) is 5.65 Å². The molecule has 7 nitrogen and oxygen atoms in total. The molecule has 3 rings (SSSR count). The lowest BCUT2D eigenvalue weighted by molar-refractivity contribution is 0.411. The van der Waals surface area contributed by atoms with Crippen molar-refractivity contribution in [1.82, 2.24) is 24.7 Å². The first-order chi connectivity index (χ1) is 8.33. The molecule has 0 saturated heterocycles. The van der Waals surface area contributed by atoms with Crippen molar-refractivity contribution in [2.24, 2.45) is 0 Å². The van der Waals surface area contributed by atoms with Crippen LogP contribution in [0.5, 0.6) is 0 Å². The number of fused-ring (bicyclic) bond motifs is 1. The number of aryl methyl sites for hydroxylation is 1. The first-order valence-electron chi connectivity index (χ1n) is 5.14. The smallest absolute Gasteiger partial charge is 0.243 e. The number of rotatable bonds is 3. The molecule has 0 amide bonds. The molecule has 0 saturated carbocycles. The van der Waals surface area contributed by atoms with Crippen molar-refractivity contribution < 1.29 is 4.52 Å². The highest BCUT2D eigenvalue weighted by molar-refractivity contribution is 5.44. The van der Waals surface area contributed by atoms with Gasteiger partial charge < -0.3 is 9.84 Å². The van der Waals surface area contributed by atoms with E-state index in [2.05, 4.69) is 30.1 Å². The van der Waals surface area contributed by atoms with Crippen LogP contribution in [0, 0.1) is 6.92 Å². The molecule has 3 aromatic heterocycles. The van der Waals surface area contributed by atoms with Crippen molar-refractivity contribution in [1.29, 1.82) is 0 Å². The molecule has 0 aromatic carbocycles. The molecule has 0 aliphatic heterocycles. The number of pyridine rings is 1. The molecule has 0 atom stereocenters. The lowest BCUT2D eigenvalue weighted by Crippen LogP contribution is -2.02. The summed E-state index contributed by atoms with van der Waals surface area (Å²) in [5.41, 5.74) is 1.84. The highest BCUT2D eigenvalue weighted by atomic mass is 16.5. The predicted molar refractivity (Wildman–Crippen MR) is 59.3 cm³/mol. The number of hydrogen-bond acceptors (Lipinski definition) is 6. The van der Waals surface area contributed by atoms with E-state index in [0.29, 0.717) is 18.3 Å². The lowest BCUT2D eigenvalue weighted by Gasteiger charge is -1.95. The fourth-order valence-corrected chi connectivity index (χ4v) is 1.54. The van der Waals surface area contributed by atoms with Crippen molar-refractivity contribution in [2.45, 2.75) is 13.5 Å². The maximum atomic E-state index is 4.63. The zero-order valence-electron chi connectivity index (χ0n) is 9.16. The average Bonchev–Trinajstić information content (AvgIpc) is 2.95. The van der Waals surface area contributed by atoms with Gasteiger partial charge in [0.1, 0.15) is 0 Å². The van der Waals surface area contributed by atoms with Crippen molar-refractivity contribution in [3.8, 4) is 0 Å². The van der Waals surface area contributed by atoms with Crippen molar-refractivity contribution in [3.63, 3.8) is 0 Å². The van der Waals surface area contributed by atoms with Gasteiger partial charge in [-0.2, -0.15) is 9.97 Å². The SMILES string of the molecule is Cc1cccc2nc(NCc3ncon3)nn12. The van der Waals surface area contributed by atoms with Crippen LogP contribution < -0.4 is 5.32 Å². The zero-order chi connectivity index (χ0) is 11.7. The van der Waals surface area contributed by atoms with Crippen molar-refractivity contribution in [3.05, 3.63) is 36.1 Å². The van der Waals surface area contributed by atoms with Gasteiger partial charge in [0.15, 0.2) is 11.5 Å². The van der Waals surface area contributed by atoms with Crippen LogP contribution in [0.4, 0.5) is 5.95 Å². The van der Waals surface area contributed by atoms with E-state index in [1.807, 2.05) is 25.1 Å². The third kappa shape index (κ3) is 1.82. The van der Waals surface area contributed by atoms with E-state index in [4.69, 9.17) is 0 Å². The highest BCUT2D eigenvalue weighted by Gasteiger charge is 2.05. The van der Waals surface area contributed by atoms with Crippen LogP contribution in [0.3, 0.4) is 0 Å². The summed E-state index contributed by atoms with van der Waals surface area (Å²) in [5.74, 6) is 1.12. The third-order valence-corrected chi connectivity index (χ3v) is 2.36. The fraction of sp³-hybridized carbons (Fsp3) is 0.200. The molecule has 7 heteroatoms. The predicted octanol–water partition coefficient (Wildman–Crippen LogP) is 1.03. The number of anilines is 1. The average molecular weight is 230 g/mol. The van der Waals surface area contributed by atoms with Gasteiger partial charge in [-0.3, -0.25) is 0 Å². The van der Waals surface area contributed by atoms with Crippen molar-refractivity contribution in [2.75, 3.05) is 5.32 Å². The minimum Gasteiger partial charge on any atom is -0.345 e. The van der Waals surface area contributed by atoms with Crippen LogP contribution >= 0.6 is 0 Å². The van der Waals surface area contributed by atoms with Crippen LogP contribution in [0.1, 0.15) is 11.5 Å². The molecule has 0 bridgehead atoms. The van der Waals surface area contributed by atoms with Crippen LogP contribution in [-0.2, 0) is 6.54 Å². The van der Waals surface area contributed by atoms with E-state index in [9.17, 15) is 0 Å². The maximum absolute atomic E-state index is 4.63. The molecule has 17 heavy (non-hydrogen) atoms. The van der Waals surface area contributed by atoms with Gasteiger partial charge in [-0.1, -0.05) is 11.2 Å². The Morgan fingerprint density at radius 3 is 3.12 bits per heavy atom. The summed E-state index contributed by atoms with van der Waals surface area (Å²) in [6, 6.07) is 5.83. The van der Waals surface area contributed by atoms with E-state index in [1.54, 1.807) is 4.52 Å². The third-order valence-electron chi connectivity index (χ3n) is 2.36. The van der Waals surface area contributed by atoms with E-state index in [-0.39, 0.29) is 0 Å². The molecule has 0 aliphatic carbocycles. The molecule has 3 heterocycles. The topological polar surface area (TPSA) is 81.1 Å². The summed E-state index contributed by atoms with van der Waals surface area (Å²) in [5, 5.41) is 11.0. The van der Waals surface area contributed by atoms with Gasteiger partial charge in [0.05, 0.1) is 6.54 Å². The molecular weight excluding hydrogens is 220 g/mol. The van der Waals surface area contributed by atoms with Gasteiger partial charge in [0.2, 0.25) is 12.3 Å². The first kappa shape index (κ1) is 9.76. The van der Waals surface area contributed by atoms with E-state index in [0.717, 1.165) is 11.3 Å². The van der Waals surface area contributed by atoms with Crippen LogP contribution in [0.15, 0.2) is 29.1 Å². The van der Waals surface area contributed by atoms with Gasteiger partial charge in [0.25, 0.3) is 0 Å². The Bertz CT molecular complexity index is 629. The number of hydrogen-bond donors (Lipinski definition) is 1. The largest absolute Gasteiger partial charge is 0.345 e. The Morgan fingerprint density at radius 2 is 2.35 bits per heavy atom. The van der Waals surface area contributed by atoms with Crippen LogP contribution in [-0.4, -0.2) is 24.7 Å². The molecule has 0 radical (unpaired) electrons. The van der Waals surface area contributed by atoms with Crippen LogP contribution in [0.2, 0.25) is 0 Å². The Hall–Kier alpha value is -2.44. The quantitative estimate of drug-likeness (QED) is 0.723. The first-order valence-corrected chi connectivity index (χ1v) is 5.14. The molecule has 0 aliphatic rings. The Morgan fingerprint density at radius 1 is 1.41 bits per heavy atom. The maximum Gasteiger partial charge on any atom is 0.243 e. The van der Waals surface area contributed by atoms with Gasteiger partial charge in [-0.15, -0.1) is 5.10 Å². The van der Waals surface area contributed by atoms with E-state index in [1.165, 1.54) is 6.39 Å². The summed E-state index contributed by atoms with van der Waals surface area (Å²) in [6.45, 7) is 2.41. The highest BCUT2D eigenvalue weighted by Crippen LogP contribution is 2.08. The number of nitrogens with zero attached hydrogens (tertiary/aromatic N) is 5. The zero-order valence-corrected chi connectivity index (χ0v) is 9.16. The molecular formula is C10H10N6O. The standard InChI is InChI=1S/C10H10N6O/c1-7-3-2-4-9-13-10(14-16(7)9)11-5-8-12-6-17-15-8/h2-4,6H,5H2,1H3,(H,11,14). The molecule has 0 spiro atoms. The number of aromatic nitrogens is 5. The normalized spacial score (nSPS) is 10.9. The monoisotopic (exact) mass is 230 g/mol. The summed E-state index contributed by atoms with van der Waals surface area (Å²) >= 11 is 0. The molecule has 1 N–H and O–H groups in total. The number of nitrogens with one attached hydrogen (secondary N) is 1. The van der Waals surface area contributed by atoms with E-state index < -0.39 is 0 Å². The molecule has 0 unspecified atom stereocenters. The minimum atomic E-state index is 0.437. The fourth-order valence-electron chi connectivity index (χ4n) is 1.54. The Labute approximate surface area is 96.5 Å². The molecule has 3 aromatic rings. The van der Waals surface area contributed by atoms with Crippen molar-refractivity contribution >= 4 is 11.6 Å². The summed E-state index contributed by atoms with van der Waals surface area (Å²) < 4.78 is 6.41. The second kappa shape index (κ2) is 3.85. The molecule has 86 valence electrons. The summed E-state index contributed by atoms with van der Waals surface area (Å²) in [6.07, 6.45) is 1.29. The minimum absolute atomic E-state index is 0.437.